The van der Waals surface area contributed by atoms with E-state index in [9.17, 15) is 0 Å². The number of fused-ring (bicyclic) bond motifs is 1. The van der Waals surface area contributed by atoms with Crippen LogP contribution in [0.15, 0.2) is 42.9 Å². The van der Waals surface area contributed by atoms with Crippen molar-refractivity contribution in [1.82, 2.24) is 19.8 Å². The molecule has 1 aliphatic rings. The zero-order chi connectivity index (χ0) is 13.2. The van der Waals surface area contributed by atoms with Crippen LogP contribution in [0.2, 0.25) is 0 Å². The summed E-state index contributed by atoms with van der Waals surface area (Å²) in [4.78, 5) is 6.34. The lowest BCUT2D eigenvalue weighted by Crippen LogP contribution is -2.46. The van der Waals surface area contributed by atoms with Gasteiger partial charge in [-0.2, -0.15) is 0 Å². The summed E-state index contributed by atoms with van der Waals surface area (Å²) in [7, 11) is 1.87. The number of nitrogens with one attached hydrogen (secondary N) is 1. The van der Waals surface area contributed by atoms with Gasteiger partial charge in [-0.15, -0.1) is 0 Å². The summed E-state index contributed by atoms with van der Waals surface area (Å²) in [6.45, 7) is 1.88. The summed E-state index contributed by atoms with van der Waals surface area (Å²) in [5.74, 6) is 0. The number of hydrogen-bond donors (Lipinski definition) is 1. The van der Waals surface area contributed by atoms with Crippen molar-refractivity contribution in [3.8, 4) is 0 Å². The zero-order valence-corrected chi connectivity index (χ0v) is 11.6. The topological polar surface area (TPSA) is 33.1 Å². The van der Waals surface area contributed by atoms with Gasteiger partial charge in [0, 0.05) is 44.4 Å². The van der Waals surface area contributed by atoms with Crippen LogP contribution >= 0.6 is 12.2 Å². The largest absolute Gasteiger partial charge is 0.366 e. The van der Waals surface area contributed by atoms with Gasteiger partial charge in [0.1, 0.15) is 0 Å². The molecule has 0 saturated carbocycles. The Labute approximate surface area is 118 Å². The van der Waals surface area contributed by atoms with Crippen LogP contribution < -0.4 is 5.32 Å². The summed E-state index contributed by atoms with van der Waals surface area (Å²) in [5, 5.41) is 3.88. The molecule has 4 nitrogen and oxygen atoms in total. The molecule has 0 radical (unpaired) electrons. The van der Waals surface area contributed by atoms with E-state index in [1.165, 1.54) is 11.3 Å². The molecule has 5 heteroatoms. The molecule has 98 valence electrons. The molecule has 2 aromatic rings. The maximum absolute atomic E-state index is 5.45. The molecule has 0 unspecified atom stereocenters. The van der Waals surface area contributed by atoms with Gasteiger partial charge in [-0.1, -0.05) is 0 Å². The molecule has 0 amide bonds. The van der Waals surface area contributed by atoms with E-state index in [1.54, 1.807) is 0 Å². The fourth-order valence-electron chi connectivity index (χ4n) is 2.64. The smallest absolute Gasteiger partial charge is 0.169 e. The van der Waals surface area contributed by atoms with Gasteiger partial charge in [0.25, 0.3) is 0 Å². The van der Waals surface area contributed by atoms with E-state index < -0.39 is 0 Å². The second kappa shape index (κ2) is 5.01. The van der Waals surface area contributed by atoms with E-state index in [2.05, 4.69) is 50.2 Å². The van der Waals surface area contributed by atoms with Gasteiger partial charge in [-0.25, -0.2) is 0 Å². The van der Waals surface area contributed by atoms with Crippen molar-refractivity contribution in [2.45, 2.75) is 12.6 Å². The van der Waals surface area contributed by atoms with E-state index >= 15 is 0 Å². The SMILES string of the molecule is CNC(=S)N1CCn2cccc2[C@H]1c1ccncc1. The maximum Gasteiger partial charge on any atom is 0.169 e. The first-order chi connectivity index (χ1) is 9.31. The minimum absolute atomic E-state index is 0.159. The van der Waals surface area contributed by atoms with E-state index in [1.807, 2.05) is 19.4 Å². The highest BCUT2D eigenvalue weighted by Crippen LogP contribution is 2.31. The van der Waals surface area contributed by atoms with Crippen LogP contribution in [0.3, 0.4) is 0 Å². The number of nitrogens with zero attached hydrogens (tertiary/aromatic N) is 3. The zero-order valence-electron chi connectivity index (χ0n) is 10.8. The van der Waals surface area contributed by atoms with Crippen LogP contribution in [0.25, 0.3) is 0 Å². The molecular formula is C14H16N4S. The molecule has 1 atom stereocenters. The first-order valence-electron chi connectivity index (χ1n) is 6.34. The molecule has 0 fully saturated rings. The lowest BCUT2D eigenvalue weighted by molar-refractivity contribution is 0.287. The molecule has 2 aromatic heterocycles. The van der Waals surface area contributed by atoms with Crippen molar-refractivity contribution in [1.29, 1.82) is 0 Å². The van der Waals surface area contributed by atoms with Crippen molar-refractivity contribution in [2.75, 3.05) is 13.6 Å². The Bertz CT molecular complexity index is 578. The summed E-state index contributed by atoms with van der Waals surface area (Å²) >= 11 is 5.45. The van der Waals surface area contributed by atoms with Crippen molar-refractivity contribution >= 4 is 17.3 Å². The minimum atomic E-state index is 0.159. The van der Waals surface area contributed by atoms with Gasteiger partial charge in [0.05, 0.1) is 6.04 Å². The van der Waals surface area contributed by atoms with Gasteiger partial charge < -0.3 is 14.8 Å². The van der Waals surface area contributed by atoms with Crippen LogP contribution in [0, 0.1) is 0 Å². The third kappa shape index (κ3) is 2.10. The van der Waals surface area contributed by atoms with Gasteiger partial charge in [0.15, 0.2) is 5.11 Å². The van der Waals surface area contributed by atoms with Crippen molar-refractivity contribution in [3.63, 3.8) is 0 Å². The molecule has 0 aliphatic carbocycles. The van der Waals surface area contributed by atoms with Gasteiger partial charge in [-0.05, 0) is 42.0 Å². The molecule has 3 rings (SSSR count). The van der Waals surface area contributed by atoms with E-state index in [-0.39, 0.29) is 6.04 Å². The van der Waals surface area contributed by atoms with Crippen molar-refractivity contribution in [3.05, 3.63) is 54.1 Å². The highest BCUT2D eigenvalue weighted by atomic mass is 32.1. The van der Waals surface area contributed by atoms with Crippen LogP contribution in [-0.2, 0) is 6.54 Å². The number of aromatic nitrogens is 2. The summed E-state index contributed by atoms with van der Waals surface area (Å²) < 4.78 is 2.29. The second-order valence-corrected chi connectivity index (χ2v) is 4.94. The van der Waals surface area contributed by atoms with Crippen LogP contribution in [-0.4, -0.2) is 33.2 Å². The normalized spacial score (nSPS) is 17.9. The summed E-state index contributed by atoms with van der Waals surface area (Å²) in [6, 6.07) is 8.52. The van der Waals surface area contributed by atoms with E-state index in [0.29, 0.717) is 0 Å². The molecule has 19 heavy (non-hydrogen) atoms. The average Bonchev–Trinajstić information content (AvgIpc) is 2.94. The van der Waals surface area contributed by atoms with Crippen LogP contribution in [0.5, 0.6) is 0 Å². The molecule has 0 bridgehead atoms. The second-order valence-electron chi connectivity index (χ2n) is 4.56. The van der Waals surface area contributed by atoms with Crippen molar-refractivity contribution < 1.29 is 0 Å². The van der Waals surface area contributed by atoms with Gasteiger partial charge >= 0.3 is 0 Å². The molecular weight excluding hydrogens is 256 g/mol. The molecule has 0 aromatic carbocycles. The fourth-order valence-corrected chi connectivity index (χ4v) is 2.84. The van der Waals surface area contributed by atoms with E-state index in [4.69, 9.17) is 12.2 Å². The average molecular weight is 272 g/mol. The van der Waals surface area contributed by atoms with Gasteiger partial charge in [-0.3, -0.25) is 4.98 Å². The monoisotopic (exact) mass is 272 g/mol. The highest BCUT2D eigenvalue weighted by Gasteiger charge is 2.29. The van der Waals surface area contributed by atoms with Crippen molar-refractivity contribution in [2.24, 2.45) is 0 Å². The first kappa shape index (κ1) is 12.2. The molecule has 3 heterocycles. The summed E-state index contributed by atoms with van der Waals surface area (Å²) in [5.41, 5.74) is 2.49. The van der Waals surface area contributed by atoms with Crippen LogP contribution in [0.1, 0.15) is 17.3 Å². The van der Waals surface area contributed by atoms with Crippen LogP contribution in [0.4, 0.5) is 0 Å². The summed E-state index contributed by atoms with van der Waals surface area (Å²) in [6.07, 6.45) is 5.79. The Morgan fingerprint density at radius 3 is 2.84 bits per heavy atom. The Morgan fingerprint density at radius 2 is 2.11 bits per heavy atom. The lowest BCUT2D eigenvalue weighted by Gasteiger charge is -2.38. The Balaban J connectivity index is 2.07. The fraction of sp³-hybridized carbons (Fsp3) is 0.286. The predicted molar refractivity (Wildman–Crippen MR) is 78.9 cm³/mol. The van der Waals surface area contributed by atoms with E-state index in [0.717, 1.165) is 18.2 Å². The highest BCUT2D eigenvalue weighted by molar-refractivity contribution is 7.80. The number of hydrogen-bond acceptors (Lipinski definition) is 2. The Morgan fingerprint density at radius 1 is 1.32 bits per heavy atom. The Hall–Kier alpha value is -1.88. The number of rotatable bonds is 1. The molecule has 0 saturated heterocycles. The third-order valence-electron chi connectivity index (χ3n) is 3.53. The standard InChI is InChI=1S/C14H16N4S/c1-15-14(19)18-10-9-17-8-2-3-12(17)13(18)11-4-6-16-7-5-11/h2-8,13H,9-10H2,1H3,(H,15,19)/t13-/m1/s1. The quantitative estimate of drug-likeness (QED) is 0.803. The molecule has 1 aliphatic heterocycles. The maximum atomic E-state index is 5.45. The number of thiocarbonyl (C=S) groups is 1. The first-order valence-corrected chi connectivity index (χ1v) is 6.75. The minimum Gasteiger partial charge on any atom is -0.366 e. The number of pyridine rings is 1. The van der Waals surface area contributed by atoms with Gasteiger partial charge in [0.2, 0.25) is 0 Å². The predicted octanol–water partition coefficient (Wildman–Crippen LogP) is 1.79. The Kier molecular flexibility index (Phi) is 3.21. The molecule has 0 spiro atoms. The lowest BCUT2D eigenvalue weighted by atomic mass is 10.0. The third-order valence-corrected chi connectivity index (χ3v) is 3.97. The molecule has 1 N–H and O–H groups in total.